The normalized spacial score (nSPS) is 13.8. The molecule has 1 rings (SSSR count). The van der Waals surface area contributed by atoms with E-state index < -0.39 is 0 Å². The molecular weight excluding hydrogens is 154 g/mol. The predicted octanol–water partition coefficient (Wildman–Crippen LogP) is 1.44. The molecule has 0 amide bonds. The van der Waals surface area contributed by atoms with Crippen molar-refractivity contribution in [2.45, 2.75) is 39.8 Å². The lowest BCUT2D eigenvalue weighted by molar-refractivity contribution is 0.328. The summed E-state index contributed by atoms with van der Waals surface area (Å²) in [7, 11) is 0. The summed E-state index contributed by atoms with van der Waals surface area (Å²) in [5, 5.41) is 6.99. The highest BCUT2D eigenvalue weighted by Crippen LogP contribution is 2.09. The maximum Gasteiger partial charge on any atom is 0.243 e. The Morgan fingerprint density at radius 3 is 2.42 bits per heavy atom. The van der Waals surface area contributed by atoms with Crippen molar-refractivity contribution in [3.63, 3.8) is 0 Å². The van der Waals surface area contributed by atoms with E-state index >= 15 is 0 Å². The zero-order chi connectivity index (χ0) is 9.14. The average molecular weight is 169 g/mol. The zero-order valence-electron chi connectivity index (χ0n) is 7.96. The molecule has 0 aliphatic heterocycles. The van der Waals surface area contributed by atoms with Gasteiger partial charge in [0.1, 0.15) is 0 Å². The molecule has 12 heavy (non-hydrogen) atoms. The van der Waals surface area contributed by atoms with Gasteiger partial charge >= 0.3 is 0 Å². The number of aryl methyl sites for hydroxylation is 1. The molecule has 4 heteroatoms. The quantitative estimate of drug-likeness (QED) is 0.743. The minimum Gasteiger partial charge on any atom is -0.338 e. The van der Waals surface area contributed by atoms with Crippen LogP contribution in [0.5, 0.6) is 0 Å². The lowest BCUT2D eigenvalue weighted by Gasteiger charge is -2.11. The number of hydrogen-bond acceptors (Lipinski definition) is 4. The molecule has 0 aliphatic carbocycles. The van der Waals surface area contributed by atoms with Crippen LogP contribution in [0.4, 0.5) is 0 Å². The van der Waals surface area contributed by atoms with Gasteiger partial charge in [-0.05, 0) is 13.8 Å². The summed E-state index contributed by atoms with van der Waals surface area (Å²) in [6.07, 6.45) is 0. The number of hydrogen-bond donors (Lipinski definition) is 1. The van der Waals surface area contributed by atoms with Crippen LogP contribution in [0.1, 0.15) is 38.5 Å². The second-order valence-corrected chi connectivity index (χ2v) is 3.22. The predicted molar refractivity (Wildman–Crippen MR) is 45.7 cm³/mol. The summed E-state index contributed by atoms with van der Waals surface area (Å²) < 4.78 is 5.00. The van der Waals surface area contributed by atoms with Crippen LogP contribution in [0, 0.1) is 6.92 Å². The largest absolute Gasteiger partial charge is 0.338 e. The number of nitrogens with zero attached hydrogens (tertiary/aromatic N) is 2. The van der Waals surface area contributed by atoms with Crippen LogP contribution >= 0.6 is 0 Å². The van der Waals surface area contributed by atoms with E-state index in [-0.39, 0.29) is 6.04 Å². The standard InChI is InChI=1S/C8H15N3O/c1-5(2)9-6(3)8-10-7(4)11-12-8/h5-6,9H,1-4H3. The molecule has 4 nitrogen and oxygen atoms in total. The number of rotatable bonds is 3. The molecule has 0 saturated heterocycles. The van der Waals surface area contributed by atoms with Gasteiger partial charge in [0.15, 0.2) is 5.82 Å². The van der Waals surface area contributed by atoms with Crippen molar-refractivity contribution in [2.75, 3.05) is 0 Å². The van der Waals surface area contributed by atoms with Gasteiger partial charge in [-0.15, -0.1) is 0 Å². The summed E-state index contributed by atoms with van der Waals surface area (Å²) in [6.45, 7) is 7.99. The van der Waals surface area contributed by atoms with Crippen molar-refractivity contribution < 1.29 is 4.52 Å². The van der Waals surface area contributed by atoms with E-state index in [1.165, 1.54) is 0 Å². The second-order valence-electron chi connectivity index (χ2n) is 3.22. The maximum atomic E-state index is 5.00. The minimum atomic E-state index is 0.131. The van der Waals surface area contributed by atoms with E-state index in [1.807, 2.05) is 13.8 Å². The lowest BCUT2D eigenvalue weighted by atomic mass is 10.3. The van der Waals surface area contributed by atoms with Crippen LogP contribution in [-0.4, -0.2) is 16.2 Å². The fourth-order valence-corrected chi connectivity index (χ4v) is 1.06. The van der Waals surface area contributed by atoms with Crippen LogP contribution in [-0.2, 0) is 0 Å². The van der Waals surface area contributed by atoms with Crippen molar-refractivity contribution in [2.24, 2.45) is 0 Å². The number of nitrogens with one attached hydrogen (secondary N) is 1. The molecule has 0 aliphatic rings. The Morgan fingerprint density at radius 1 is 1.33 bits per heavy atom. The summed E-state index contributed by atoms with van der Waals surface area (Å²) in [5.74, 6) is 1.34. The van der Waals surface area contributed by atoms with E-state index in [0.29, 0.717) is 17.8 Å². The smallest absolute Gasteiger partial charge is 0.243 e. The van der Waals surface area contributed by atoms with Crippen molar-refractivity contribution in [1.29, 1.82) is 0 Å². The van der Waals surface area contributed by atoms with Gasteiger partial charge in [-0.3, -0.25) is 0 Å². The van der Waals surface area contributed by atoms with Crippen LogP contribution < -0.4 is 5.32 Å². The number of aromatic nitrogens is 2. The summed E-state index contributed by atoms with van der Waals surface area (Å²) in [6, 6.07) is 0.554. The first-order chi connectivity index (χ1) is 5.59. The fourth-order valence-electron chi connectivity index (χ4n) is 1.06. The first-order valence-electron chi connectivity index (χ1n) is 4.16. The maximum absolute atomic E-state index is 5.00. The van der Waals surface area contributed by atoms with Gasteiger partial charge in [-0.2, -0.15) is 4.98 Å². The molecule has 0 bridgehead atoms. The molecule has 0 fully saturated rings. The minimum absolute atomic E-state index is 0.131. The third kappa shape index (κ3) is 2.30. The highest BCUT2D eigenvalue weighted by Gasteiger charge is 2.12. The van der Waals surface area contributed by atoms with Crippen LogP contribution in [0.3, 0.4) is 0 Å². The molecule has 1 heterocycles. The van der Waals surface area contributed by atoms with Crippen molar-refractivity contribution in [1.82, 2.24) is 15.5 Å². The fraction of sp³-hybridized carbons (Fsp3) is 0.750. The first kappa shape index (κ1) is 9.19. The molecule has 1 aromatic heterocycles. The Labute approximate surface area is 72.4 Å². The summed E-state index contributed by atoms with van der Waals surface area (Å²) in [5.41, 5.74) is 0. The third-order valence-electron chi connectivity index (χ3n) is 1.50. The summed E-state index contributed by atoms with van der Waals surface area (Å²) in [4.78, 5) is 4.12. The molecule has 0 saturated carbocycles. The Morgan fingerprint density at radius 2 is 2.00 bits per heavy atom. The van der Waals surface area contributed by atoms with Gasteiger partial charge in [-0.1, -0.05) is 19.0 Å². The zero-order valence-corrected chi connectivity index (χ0v) is 7.96. The van der Waals surface area contributed by atoms with Gasteiger partial charge in [0.05, 0.1) is 6.04 Å². The van der Waals surface area contributed by atoms with Crippen LogP contribution in [0.25, 0.3) is 0 Å². The van der Waals surface area contributed by atoms with E-state index in [0.717, 1.165) is 0 Å². The Hall–Kier alpha value is -0.900. The van der Waals surface area contributed by atoms with Crippen molar-refractivity contribution in [3.8, 4) is 0 Å². The molecular formula is C8H15N3O. The highest BCUT2D eigenvalue weighted by molar-refractivity contribution is 4.89. The molecule has 1 atom stereocenters. The molecule has 0 aromatic carbocycles. The Bertz CT molecular complexity index is 244. The topological polar surface area (TPSA) is 51.0 Å². The molecule has 0 radical (unpaired) electrons. The Balaban J connectivity index is 2.58. The van der Waals surface area contributed by atoms with Gasteiger partial charge in [0.2, 0.25) is 5.89 Å². The molecule has 1 aromatic rings. The van der Waals surface area contributed by atoms with Gasteiger partial charge in [0, 0.05) is 6.04 Å². The monoisotopic (exact) mass is 169 g/mol. The SMILES string of the molecule is Cc1noc(C(C)NC(C)C)n1. The average Bonchev–Trinajstić information content (AvgIpc) is 2.34. The molecule has 1 unspecified atom stereocenters. The van der Waals surface area contributed by atoms with Crippen molar-refractivity contribution in [3.05, 3.63) is 11.7 Å². The third-order valence-corrected chi connectivity index (χ3v) is 1.50. The van der Waals surface area contributed by atoms with Gasteiger partial charge in [0.25, 0.3) is 0 Å². The van der Waals surface area contributed by atoms with E-state index in [9.17, 15) is 0 Å². The molecule has 1 N–H and O–H groups in total. The van der Waals surface area contributed by atoms with Gasteiger partial charge < -0.3 is 9.84 Å². The lowest BCUT2D eigenvalue weighted by Crippen LogP contribution is -2.26. The van der Waals surface area contributed by atoms with E-state index in [2.05, 4.69) is 29.3 Å². The van der Waals surface area contributed by atoms with Gasteiger partial charge in [-0.25, -0.2) is 0 Å². The highest BCUT2D eigenvalue weighted by atomic mass is 16.5. The molecule has 68 valence electrons. The molecule has 0 spiro atoms. The van der Waals surface area contributed by atoms with Crippen molar-refractivity contribution >= 4 is 0 Å². The summed E-state index contributed by atoms with van der Waals surface area (Å²) >= 11 is 0. The van der Waals surface area contributed by atoms with Crippen LogP contribution in [0.15, 0.2) is 4.52 Å². The Kier molecular flexibility index (Phi) is 2.81. The van der Waals surface area contributed by atoms with Crippen LogP contribution in [0.2, 0.25) is 0 Å². The van der Waals surface area contributed by atoms with E-state index in [4.69, 9.17) is 4.52 Å². The van der Waals surface area contributed by atoms with E-state index in [1.54, 1.807) is 0 Å². The first-order valence-corrected chi connectivity index (χ1v) is 4.16. The second kappa shape index (κ2) is 3.67.